The van der Waals surface area contributed by atoms with Gasteiger partial charge in [-0.05, 0) is 45.1 Å². The maximum Gasteiger partial charge on any atom is 0.191 e. The fraction of sp³-hybridized carbons (Fsp3) is 0.611. The van der Waals surface area contributed by atoms with Crippen LogP contribution in [-0.4, -0.2) is 49.7 Å². The van der Waals surface area contributed by atoms with Gasteiger partial charge in [0.25, 0.3) is 0 Å². The van der Waals surface area contributed by atoms with Gasteiger partial charge in [0, 0.05) is 43.2 Å². The number of benzene rings is 1. The molecule has 1 saturated heterocycles. The van der Waals surface area contributed by atoms with Gasteiger partial charge < -0.3 is 15.5 Å². The molecule has 1 fully saturated rings. The molecular formula is C18H31IN4S. The van der Waals surface area contributed by atoms with Crippen LogP contribution < -0.4 is 15.5 Å². The topological polar surface area (TPSA) is 39.7 Å². The molecule has 6 heteroatoms. The molecule has 0 radical (unpaired) electrons. The molecular weight excluding hydrogens is 431 g/mol. The number of nitrogens with zero attached hydrogens (tertiary/aromatic N) is 2. The van der Waals surface area contributed by atoms with Gasteiger partial charge in [-0.3, -0.25) is 4.99 Å². The number of aliphatic imine (C=N–C) groups is 1. The summed E-state index contributed by atoms with van der Waals surface area (Å²) in [4.78, 5) is 6.83. The van der Waals surface area contributed by atoms with Crippen molar-refractivity contribution in [3.05, 3.63) is 30.3 Å². The zero-order chi connectivity index (χ0) is 16.7. The van der Waals surface area contributed by atoms with Crippen LogP contribution in [0.3, 0.4) is 0 Å². The van der Waals surface area contributed by atoms with E-state index in [4.69, 9.17) is 0 Å². The van der Waals surface area contributed by atoms with E-state index < -0.39 is 0 Å². The SMILES string of the molecule is CN=C(NCC(C)(C)SC)NC1CCN(c2ccccc2)CC1.I. The van der Waals surface area contributed by atoms with E-state index >= 15 is 0 Å². The van der Waals surface area contributed by atoms with Crippen molar-refractivity contribution in [3.63, 3.8) is 0 Å². The third kappa shape index (κ3) is 6.70. The lowest BCUT2D eigenvalue weighted by Crippen LogP contribution is -2.50. The van der Waals surface area contributed by atoms with Gasteiger partial charge in [0.15, 0.2) is 5.96 Å². The Balaban J connectivity index is 0.00000288. The molecule has 1 aliphatic heterocycles. The van der Waals surface area contributed by atoms with Gasteiger partial charge in [0.2, 0.25) is 0 Å². The molecule has 2 rings (SSSR count). The van der Waals surface area contributed by atoms with Gasteiger partial charge in [0.1, 0.15) is 0 Å². The summed E-state index contributed by atoms with van der Waals surface area (Å²) in [5.74, 6) is 0.922. The molecule has 0 aliphatic carbocycles. The third-order valence-electron chi connectivity index (χ3n) is 4.41. The highest BCUT2D eigenvalue weighted by atomic mass is 127. The Hall–Kier alpha value is -0.630. The molecule has 0 saturated carbocycles. The standard InChI is InChI=1S/C18H30N4S.HI/c1-18(2,23-4)14-20-17(19-3)21-15-10-12-22(13-11-15)16-8-6-5-7-9-16;/h5-9,15H,10-14H2,1-4H3,(H2,19,20,21);1H. The highest BCUT2D eigenvalue weighted by Gasteiger charge is 2.21. The summed E-state index contributed by atoms with van der Waals surface area (Å²) in [6, 6.07) is 11.2. The molecule has 4 nitrogen and oxygen atoms in total. The second kappa shape index (κ2) is 10.4. The number of anilines is 1. The van der Waals surface area contributed by atoms with Crippen LogP contribution in [-0.2, 0) is 0 Å². The van der Waals surface area contributed by atoms with Crippen LogP contribution in [0.15, 0.2) is 35.3 Å². The molecule has 0 atom stereocenters. The minimum absolute atomic E-state index is 0. The third-order valence-corrected chi connectivity index (χ3v) is 5.66. The fourth-order valence-electron chi connectivity index (χ4n) is 2.68. The molecule has 1 aromatic carbocycles. The van der Waals surface area contributed by atoms with E-state index in [1.165, 1.54) is 5.69 Å². The quantitative estimate of drug-likeness (QED) is 0.399. The van der Waals surface area contributed by atoms with Crippen LogP contribution in [0.5, 0.6) is 0 Å². The minimum Gasteiger partial charge on any atom is -0.371 e. The minimum atomic E-state index is 0. The average molecular weight is 462 g/mol. The number of hydrogen-bond donors (Lipinski definition) is 2. The molecule has 0 bridgehead atoms. The van der Waals surface area contributed by atoms with Crippen molar-refractivity contribution in [2.75, 3.05) is 37.8 Å². The molecule has 136 valence electrons. The maximum absolute atomic E-state index is 4.37. The molecule has 0 unspecified atom stereocenters. The van der Waals surface area contributed by atoms with Crippen molar-refractivity contribution in [2.45, 2.75) is 37.5 Å². The number of rotatable bonds is 5. The van der Waals surface area contributed by atoms with Crippen molar-refractivity contribution in [1.29, 1.82) is 0 Å². The summed E-state index contributed by atoms with van der Waals surface area (Å²) < 4.78 is 0.217. The Bertz CT molecular complexity index is 499. The van der Waals surface area contributed by atoms with Crippen molar-refractivity contribution in [3.8, 4) is 0 Å². The zero-order valence-electron chi connectivity index (χ0n) is 15.2. The van der Waals surface area contributed by atoms with Gasteiger partial charge in [-0.2, -0.15) is 11.8 Å². The fourth-order valence-corrected chi connectivity index (χ4v) is 2.89. The van der Waals surface area contributed by atoms with Crippen LogP contribution in [0.2, 0.25) is 0 Å². The molecule has 0 aromatic heterocycles. The van der Waals surface area contributed by atoms with E-state index in [1.807, 2.05) is 18.8 Å². The predicted molar refractivity (Wildman–Crippen MR) is 119 cm³/mol. The summed E-state index contributed by atoms with van der Waals surface area (Å²) in [6.45, 7) is 7.59. The first kappa shape index (κ1) is 21.4. The van der Waals surface area contributed by atoms with E-state index in [1.54, 1.807) is 0 Å². The Morgan fingerprint density at radius 3 is 2.42 bits per heavy atom. The highest BCUT2D eigenvalue weighted by Crippen LogP contribution is 2.20. The lowest BCUT2D eigenvalue weighted by atomic mass is 10.0. The Morgan fingerprint density at radius 1 is 1.25 bits per heavy atom. The molecule has 1 aliphatic rings. The van der Waals surface area contributed by atoms with E-state index in [-0.39, 0.29) is 28.7 Å². The number of guanidine groups is 1. The molecule has 2 N–H and O–H groups in total. The summed E-state index contributed by atoms with van der Waals surface area (Å²) in [7, 11) is 1.85. The van der Waals surface area contributed by atoms with Gasteiger partial charge in [0.05, 0.1) is 0 Å². The Morgan fingerprint density at radius 2 is 1.88 bits per heavy atom. The van der Waals surface area contributed by atoms with Gasteiger partial charge in [-0.25, -0.2) is 0 Å². The molecule has 1 aromatic rings. The smallest absolute Gasteiger partial charge is 0.191 e. The van der Waals surface area contributed by atoms with Crippen molar-refractivity contribution < 1.29 is 0 Å². The molecule has 0 amide bonds. The summed E-state index contributed by atoms with van der Waals surface area (Å²) in [6.07, 6.45) is 4.43. The lowest BCUT2D eigenvalue weighted by Gasteiger charge is -2.35. The van der Waals surface area contributed by atoms with Crippen LogP contribution in [0.4, 0.5) is 5.69 Å². The first-order valence-electron chi connectivity index (χ1n) is 8.36. The first-order valence-corrected chi connectivity index (χ1v) is 9.59. The van der Waals surface area contributed by atoms with Crippen molar-refractivity contribution in [2.24, 2.45) is 4.99 Å². The predicted octanol–water partition coefficient (Wildman–Crippen LogP) is 3.58. The molecule has 1 heterocycles. The number of para-hydroxylation sites is 1. The van der Waals surface area contributed by atoms with Gasteiger partial charge in [-0.1, -0.05) is 18.2 Å². The maximum atomic E-state index is 4.37. The second-order valence-corrected chi connectivity index (χ2v) is 8.14. The van der Waals surface area contributed by atoms with Crippen LogP contribution in [0.25, 0.3) is 0 Å². The number of halogens is 1. The first-order chi connectivity index (χ1) is 11.0. The number of piperidine rings is 1. The largest absolute Gasteiger partial charge is 0.371 e. The van der Waals surface area contributed by atoms with Crippen LogP contribution in [0.1, 0.15) is 26.7 Å². The van der Waals surface area contributed by atoms with E-state index in [0.717, 1.165) is 38.4 Å². The zero-order valence-corrected chi connectivity index (χ0v) is 18.4. The molecule has 0 spiro atoms. The lowest BCUT2D eigenvalue weighted by molar-refractivity contribution is 0.460. The van der Waals surface area contributed by atoms with Crippen LogP contribution in [0, 0.1) is 0 Å². The highest BCUT2D eigenvalue weighted by molar-refractivity contribution is 14.0. The van der Waals surface area contributed by atoms with E-state index in [9.17, 15) is 0 Å². The van der Waals surface area contributed by atoms with Crippen molar-refractivity contribution in [1.82, 2.24) is 10.6 Å². The Labute approximate surface area is 168 Å². The van der Waals surface area contributed by atoms with E-state index in [0.29, 0.717) is 6.04 Å². The van der Waals surface area contributed by atoms with Gasteiger partial charge in [-0.15, -0.1) is 24.0 Å². The number of thioether (sulfide) groups is 1. The summed E-state index contributed by atoms with van der Waals surface area (Å²) in [5, 5.41) is 7.03. The van der Waals surface area contributed by atoms with Crippen molar-refractivity contribution >= 4 is 47.4 Å². The van der Waals surface area contributed by atoms with Gasteiger partial charge >= 0.3 is 0 Å². The molecule has 24 heavy (non-hydrogen) atoms. The Kier molecular flexibility index (Phi) is 9.26. The summed E-state index contributed by atoms with van der Waals surface area (Å²) in [5.41, 5.74) is 1.33. The van der Waals surface area contributed by atoms with Crippen LogP contribution >= 0.6 is 35.7 Å². The average Bonchev–Trinajstić information content (AvgIpc) is 2.60. The van der Waals surface area contributed by atoms with E-state index in [2.05, 4.69) is 71.0 Å². The normalized spacial score (nSPS) is 16.5. The summed E-state index contributed by atoms with van der Waals surface area (Å²) >= 11 is 1.87. The number of hydrogen-bond acceptors (Lipinski definition) is 3. The second-order valence-electron chi connectivity index (χ2n) is 6.63. The number of nitrogens with one attached hydrogen (secondary N) is 2. The monoisotopic (exact) mass is 462 g/mol.